The van der Waals surface area contributed by atoms with Gasteiger partial charge in [0.25, 0.3) is 5.91 Å². The molecule has 0 unspecified atom stereocenters. The second kappa shape index (κ2) is 8.07. The van der Waals surface area contributed by atoms with Crippen molar-refractivity contribution in [2.45, 2.75) is 13.5 Å². The number of carbonyl (C=O) groups is 1. The minimum absolute atomic E-state index is 0.0277. The summed E-state index contributed by atoms with van der Waals surface area (Å²) >= 11 is 1.23. The van der Waals surface area contributed by atoms with E-state index in [1.54, 1.807) is 24.0 Å². The predicted molar refractivity (Wildman–Crippen MR) is 108 cm³/mol. The van der Waals surface area contributed by atoms with Crippen molar-refractivity contribution in [3.05, 3.63) is 76.5 Å². The number of nitrogens with zero attached hydrogens (tertiary/aromatic N) is 2. The highest BCUT2D eigenvalue weighted by atomic mass is 32.2. The van der Waals surface area contributed by atoms with Crippen LogP contribution >= 0.6 is 11.3 Å². The van der Waals surface area contributed by atoms with E-state index in [-0.39, 0.29) is 11.5 Å². The monoisotopic (exact) mass is 419 g/mol. The number of thiazole rings is 1. The maximum Gasteiger partial charge on any atom is 0.284 e. The molecule has 1 aromatic heterocycles. The number of halogens is 1. The third-order valence-electron chi connectivity index (χ3n) is 3.81. The maximum atomic E-state index is 13.8. The minimum atomic E-state index is -3.70. The van der Waals surface area contributed by atoms with Gasteiger partial charge in [0.05, 0.1) is 12.8 Å². The molecular weight excluding hydrogens is 401 g/mol. The van der Waals surface area contributed by atoms with E-state index < -0.39 is 15.9 Å². The van der Waals surface area contributed by atoms with E-state index in [1.165, 1.54) is 23.5 Å². The van der Waals surface area contributed by atoms with Crippen LogP contribution in [0.5, 0.6) is 0 Å². The molecule has 1 N–H and O–H groups in total. The first-order chi connectivity index (χ1) is 13.2. The third-order valence-corrected chi connectivity index (χ3v) is 5.36. The molecule has 0 aliphatic carbocycles. The summed E-state index contributed by atoms with van der Waals surface area (Å²) in [6, 6.07) is 15.7. The summed E-state index contributed by atoms with van der Waals surface area (Å²) in [6.45, 7) is 2.09. The number of carbonyl (C=O) groups excluding carboxylic acids is 1. The van der Waals surface area contributed by atoms with Crippen molar-refractivity contribution in [1.29, 1.82) is 0 Å². The van der Waals surface area contributed by atoms with Gasteiger partial charge in [0.15, 0.2) is 5.13 Å². The molecule has 1 amide bonds. The van der Waals surface area contributed by atoms with Gasteiger partial charge in [-0.05, 0) is 30.7 Å². The standard InChI is InChI=1S/C19H18FN3O3S2/c1-13-17(18(24)22-28(2,25)26)21-19(27-13)23(12-14-7-4-3-5-8-14)16-10-6-9-15(20)11-16/h3-11H,12H2,1-2H3,(H,22,24). The summed E-state index contributed by atoms with van der Waals surface area (Å²) < 4.78 is 38.4. The molecule has 0 saturated carbocycles. The Hall–Kier alpha value is -2.78. The van der Waals surface area contributed by atoms with Crippen LogP contribution in [-0.2, 0) is 16.6 Å². The van der Waals surface area contributed by atoms with Gasteiger partial charge in [-0.25, -0.2) is 22.5 Å². The van der Waals surface area contributed by atoms with Crippen molar-refractivity contribution in [1.82, 2.24) is 9.71 Å². The highest BCUT2D eigenvalue weighted by Crippen LogP contribution is 2.33. The molecule has 2 aromatic carbocycles. The number of rotatable bonds is 6. The number of amides is 1. The van der Waals surface area contributed by atoms with Crippen LogP contribution in [-0.4, -0.2) is 25.6 Å². The molecule has 9 heteroatoms. The molecule has 3 rings (SSSR count). The Bertz CT molecular complexity index is 1100. The van der Waals surface area contributed by atoms with Gasteiger partial charge in [-0.15, -0.1) is 11.3 Å². The number of aryl methyl sites for hydroxylation is 1. The summed E-state index contributed by atoms with van der Waals surface area (Å²) in [5.74, 6) is -1.18. The van der Waals surface area contributed by atoms with E-state index >= 15 is 0 Å². The largest absolute Gasteiger partial charge is 0.313 e. The Morgan fingerprint density at radius 1 is 1.18 bits per heavy atom. The lowest BCUT2D eigenvalue weighted by Gasteiger charge is -2.22. The first kappa shape index (κ1) is 20.0. The maximum absolute atomic E-state index is 13.8. The van der Waals surface area contributed by atoms with Crippen molar-refractivity contribution in [3.63, 3.8) is 0 Å². The molecule has 0 fully saturated rings. The molecule has 0 atom stereocenters. The molecule has 0 radical (unpaired) electrons. The van der Waals surface area contributed by atoms with E-state index in [0.29, 0.717) is 22.2 Å². The molecule has 6 nitrogen and oxygen atoms in total. The zero-order chi connectivity index (χ0) is 20.3. The SMILES string of the molecule is Cc1sc(N(Cc2ccccc2)c2cccc(F)c2)nc1C(=O)NS(C)(=O)=O. The van der Waals surface area contributed by atoms with Gasteiger partial charge in [-0.3, -0.25) is 4.79 Å². The summed E-state index contributed by atoms with van der Waals surface area (Å²) in [4.78, 5) is 18.9. The zero-order valence-electron chi connectivity index (χ0n) is 15.2. The average Bonchev–Trinajstić information content (AvgIpc) is 3.01. The molecule has 146 valence electrons. The fourth-order valence-electron chi connectivity index (χ4n) is 2.60. The molecule has 0 spiro atoms. The quantitative estimate of drug-likeness (QED) is 0.660. The first-order valence-electron chi connectivity index (χ1n) is 8.29. The zero-order valence-corrected chi connectivity index (χ0v) is 16.8. The van der Waals surface area contributed by atoms with Crippen LogP contribution < -0.4 is 9.62 Å². The van der Waals surface area contributed by atoms with Gasteiger partial charge in [0, 0.05) is 10.6 Å². The van der Waals surface area contributed by atoms with Gasteiger partial charge in [0.2, 0.25) is 10.0 Å². The summed E-state index contributed by atoms with van der Waals surface area (Å²) in [5.41, 5.74) is 1.58. The highest BCUT2D eigenvalue weighted by Gasteiger charge is 2.22. The van der Waals surface area contributed by atoms with Gasteiger partial charge in [0.1, 0.15) is 11.5 Å². The summed E-state index contributed by atoms with van der Waals surface area (Å²) in [6.07, 6.45) is 0.905. The van der Waals surface area contributed by atoms with Crippen molar-refractivity contribution < 1.29 is 17.6 Å². The van der Waals surface area contributed by atoms with Crippen LogP contribution in [0, 0.1) is 12.7 Å². The molecule has 3 aromatic rings. The number of aromatic nitrogens is 1. The number of hydrogen-bond donors (Lipinski definition) is 1. The fourth-order valence-corrected chi connectivity index (χ4v) is 3.96. The average molecular weight is 420 g/mol. The van der Waals surface area contributed by atoms with E-state index in [4.69, 9.17) is 0 Å². The van der Waals surface area contributed by atoms with E-state index in [9.17, 15) is 17.6 Å². The van der Waals surface area contributed by atoms with Crippen LogP contribution in [0.25, 0.3) is 0 Å². The molecule has 1 heterocycles. The Morgan fingerprint density at radius 2 is 1.89 bits per heavy atom. The van der Waals surface area contributed by atoms with Crippen molar-refractivity contribution >= 4 is 38.1 Å². The van der Waals surface area contributed by atoms with Crippen LogP contribution in [0.15, 0.2) is 54.6 Å². The number of nitrogens with one attached hydrogen (secondary N) is 1. The lowest BCUT2D eigenvalue weighted by Crippen LogP contribution is -2.30. The van der Waals surface area contributed by atoms with Gasteiger partial charge >= 0.3 is 0 Å². The Kier molecular flexibility index (Phi) is 5.76. The minimum Gasteiger partial charge on any atom is -0.313 e. The lowest BCUT2D eigenvalue weighted by atomic mass is 10.2. The molecule has 0 aliphatic heterocycles. The summed E-state index contributed by atoms with van der Waals surface area (Å²) in [7, 11) is -3.70. The van der Waals surface area contributed by atoms with Crippen molar-refractivity contribution in [3.8, 4) is 0 Å². The van der Waals surface area contributed by atoms with Gasteiger partial charge in [-0.1, -0.05) is 36.4 Å². The number of hydrogen-bond acceptors (Lipinski definition) is 6. The van der Waals surface area contributed by atoms with Crippen LogP contribution in [0.2, 0.25) is 0 Å². The van der Waals surface area contributed by atoms with Gasteiger partial charge < -0.3 is 4.90 Å². The molecule has 0 aliphatic rings. The van der Waals surface area contributed by atoms with Crippen molar-refractivity contribution in [2.75, 3.05) is 11.2 Å². The molecule has 0 bridgehead atoms. The van der Waals surface area contributed by atoms with Crippen LogP contribution in [0.3, 0.4) is 0 Å². The number of sulfonamides is 1. The first-order valence-corrected chi connectivity index (χ1v) is 11.0. The number of anilines is 2. The molecular formula is C19H18FN3O3S2. The smallest absolute Gasteiger partial charge is 0.284 e. The summed E-state index contributed by atoms with van der Waals surface area (Å²) in [5, 5.41) is 0.464. The molecule has 0 saturated heterocycles. The second-order valence-corrected chi connectivity index (χ2v) is 9.09. The highest BCUT2D eigenvalue weighted by molar-refractivity contribution is 7.89. The third kappa shape index (κ3) is 4.93. The Labute approximate surface area is 166 Å². The topological polar surface area (TPSA) is 79.4 Å². The van der Waals surface area contributed by atoms with Crippen molar-refractivity contribution in [2.24, 2.45) is 0 Å². The van der Waals surface area contributed by atoms with Crippen LogP contribution in [0.1, 0.15) is 20.9 Å². The lowest BCUT2D eigenvalue weighted by molar-refractivity contribution is 0.0977. The normalized spacial score (nSPS) is 11.2. The number of benzene rings is 2. The Balaban J connectivity index is 2.01. The molecule has 28 heavy (non-hydrogen) atoms. The second-order valence-electron chi connectivity index (χ2n) is 6.16. The van der Waals surface area contributed by atoms with Crippen LogP contribution in [0.4, 0.5) is 15.2 Å². The van der Waals surface area contributed by atoms with Gasteiger partial charge in [-0.2, -0.15) is 0 Å². The predicted octanol–water partition coefficient (Wildman–Crippen LogP) is 3.62. The van der Waals surface area contributed by atoms with E-state index in [1.807, 2.05) is 35.1 Å². The van der Waals surface area contributed by atoms with E-state index in [2.05, 4.69) is 4.98 Å². The fraction of sp³-hybridized carbons (Fsp3) is 0.158. The Morgan fingerprint density at radius 3 is 2.54 bits per heavy atom. The van der Waals surface area contributed by atoms with E-state index in [0.717, 1.165) is 11.8 Å².